The zero-order valence-electron chi connectivity index (χ0n) is 9.42. The van der Waals surface area contributed by atoms with Gasteiger partial charge in [0.15, 0.2) is 0 Å². The maximum absolute atomic E-state index is 7.26. The maximum Gasteiger partial charge on any atom is 0.105 e. The van der Waals surface area contributed by atoms with Gasteiger partial charge in [-0.15, -0.1) is 0 Å². The van der Waals surface area contributed by atoms with Gasteiger partial charge in [-0.2, -0.15) is 0 Å². The molecule has 0 amide bonds. The zero-order valence-corrected chi connectivity index (χ0v) is 9.42. The summed E-state index contributed by atoms with van der Waals surface area (Å²) in [6, 6.07) is 0.654. The van der Waals surface area contributed by atoms with Crippen LogP contribution in [0.2, 0.25) is 0 Å². The lowest BCUT2D eigenvalue weighted by atomic mass is 9.84. The molecule has 1 aliphatic rings. The van der Waals surface area contributed by atoms with Gasteiger partial charge in [-0.05, 0) is 38.6 Å². The fourth-order valence-electron chi connectivity index (χ4n) is 2.39. The Morgan fingerprint density at radius 3 is 2.36 bits per heavy atom. The predicted octanol–water partition coefficient (Wildman–Crippen LogP) is 1.82. The average Bonchev–Trinajstić information content (AvgIpc) is 2.17. The first-order valence-corrected chi connectivity index (χ1v) is 5.66. The van der Waals surface area contributed by atoms with Crippen LogP contribution in [0.4, 0.5) is 0 Å². The van der Waals surface area contributed by atoms with Crippen LogP contribution in [0.5, 0.6) is 0 Å². The summed E-state index contributed by atoms with van der Waals surface area (Å²) in [6.45, 7) is 2.91. The van der Waals surface area contributed by atoms with Gasteiger partial charge in [0.25, 0.3) is 0 Å². The van der Waals surface area contributed by atoms with E-state index in [1.807, 2.05) is 0 Å². The van der Waals surface area contributed by atoms with Gasteiger partial charge >= 0.3 is 0 Å². The van der Waals surface area contributed by atoms with E-state index in [1.165, 1.54) is 32.1 Å². The highest BCUT2D eigenvalue weighted by molar-refractivity contribution is 5.78. The first kappa shape index (κ1) is 11.5. The predicted molar refractivity (Wildman–Crippen MR) is 60.6 cm³/mol. The Bertz CT molecular complexity index is 183. The van der Waals surface area contributed by atoms with E-state index < -0.39 is 0 Å². The van der Waals surface area contributed by atoms with Crippen molar-refractivity contribution in [2.24, 2.45) is 11.7 Å². The lowest BCUT2D eigenvalue weighted by molar-refractivity contribution is 0.180. The topological polar surface area (TPSA) is 53.1 Å². The molecule has 0 aromatic carbocycles. The van der Waals surface area contributed by atoms with Gasteiger partial charge in [-0.1, -0.05) is 13.3 Å². The molecule has 0 unspecified atom stereocenters. The highest BCUT2D eigenvalue weighted by Gasteiger charge is 2.22. The lowest BCUT2D eigenvalue weighted by Gasteiger charge is -2.34. The molecule has 0 spiro atoms. The summed E-state index contributed by atoms with van der Waals surface area (Å²) in [6.07, 6.45) is 6.58. The number of amidine groups is 1. The Labute approximate surface area is 87.2 Å². The van der Waals surface area contributed by atoms with Crippen molar-refractivity contribution in [3.63, 3.8) is 0 Å². The summed E-state index contributed by atoms with van der Waals surface area (Å²) < 4.78 is 0. The second-order valence-electron chi connectivity index (χ2n) is 4.52. The van der Waals surface area contributed by atoms with Crippen LogP contribution in [-0.4, -0.2) is 30.4 Å². The van der Waals surface area contributed by atoms with E-state index in [4.69, 9.17) is 11.1 Å². The minimum atomic E-state index is 0.283. The first-order valence-electron chi connectivity index (χ1n) is 5.66. The Balaban J connectivity index is 2.30. The van der Waals surface area contributed by atoms with Crippen molar-refractivity contribution < 1.29 is 0 Å². The van der Waals surface area contributed by atoms with Crippen LogP contribution >= 0.6 is 0 Å². The molecule has 0 heterocycles. The van der Waals surface area contributed by atoms with Gasteiger partial charge in [-0.3, -0.25) is 10.3 Å². The minimum Gasteiger partial charge on any atom is -0.387 e. The third kappa shape index (κ3) is 3.29. The fraction of sp³-hybridized carbons (Fsp3) is 0.909. The van der Waals surface area contributed by atoms with Crippen LogP contribution in [0.3, 0.4) is 0 Å². The van der Waals surface area contributed by atoms with Gasteiger partial charge in [0, 0.05) is 6.04 Å². The Morgan fingerprint density at radius 2 is 1.93 bits per heavy atom. The van der Waals surface area contributed by atoms with Crippen LogP contribution in [0, 0.1) is 11.3 Å². The molecule has 3 N–H and O–H groups in total. The van der Waals surface area contributed by atoms with E-state index in [2.05, 4.69) is 18.9 Å². The van der Waals surface area contributed by atoms with Gasteiger partial charge in [0.05, 0.1) is 6.54 Å². The molecule has 82 valence electrons. The van der Waals surface area contributed by atoms with Crippen molar-refractivity contribution in [3.05, 3.63) is 0 Å². The number of nitrogens with zero attached hydrogens (tertiary/aromatic N) is 1. The molecule has 0 aromatic heterocycles. The Hall–Kier alpha value is -0.570. The molecule has 1 saturated carbocycles. The lowest BCUT2D eigenvalue weighted by Crippen LogP contribution is -2.40. The molecular weight excluding hydrogens is 174 g/mol. The van der Waals surface area contributed by atoms with E-state index in [0.29, 0.717) is 12.6 Å². The quantitative estimate of drug-likeness (QED) is 0.533. The first-order chi connectivity index (χ1) is 6.63. The molecule has 3 heteroatoms. The van der Waals surface area contributed by atoms with Gasteiger partial charge < -0.3 is 5.73 Å². The van der Waals surface area contributed by atoms with Crippen LogP contribution < -0.4 is 5.73 Å². The van der Waals surface area contributed by atoms with Crippen molar-refractivity contribution >= 4 is 5.84 Å². The number of hydrogen-bond acceptors (Lipinski definition) is 2. The summed E-state index contributed by atoms with van der Waals surface area (Å²) in [4.78, 5) is 2.23. The van der Waals surface area contributed by atoms with Crippen LogP contribution in [0.25, 0.3) is 0 Å². The van der Waals surface area contributed by atoms with E-state index in [0.717, 1.165) is 5.92 Å². The van der Waals surface area contributed by atoms with E-state index in [-0.39, 0.29) is 5.84 Å². The molecule has 1 aliphatic carbocycles. The molecular formula is C11H23N3. The normalized spacial score (nSPS) is 27.9. The molecule has 1 fully saturated rings. The highest BCUT2D eigenvalue weighted by atomic mass is 15.1. The van der Waals surface area contributed by atoms with Crippen LogP contribution in [0.1, 0.15) is 39.0 Å². The fourth-order valence-corrected chi connectivity index (χ4v) is 2.39. The summed E-state index contributed by atoms with van der Waals surface area (Å²) in [7, 11) is 2.08. The summed E-state index contributed by atoms with van der Waals surface area (Å²) in [5.74, 6) is 1.22. The number of likely N-dealkylation sites (N-methyl/N-ethyl adjacent to an activating group) is 1. The summed E-state index contributed by atoms with van der Waals surface area (Å²) in [5, 5.41) is 7.26. The molecule has 14 heavy (non-hydrogen) atoms. The second-order valence-corrected chi connectivity index (χ2v) is 4.52. The molecule has 0 aromatic rings. The number of nitrogens with two attached hydrogens (primary N) is 1. The minimum absolute atomic E-state index is 0.283. The number of rotatable bonds is 4. The summed E-state index contributed by atoms with van der Waals surface area (Å²) >= 11 is 0. The maximum atomic E-state index is 7.26. The van der Waals surface area contributed by atoms with Crippen molar-refractivity contribution in [3.8, 4) is 0 Å². The number of nitrogens with one attached hydrogen (secondary N) is 1. The van der Waals surface area contributed by atoms with Crippen LogP contribution in [-0.2, 0) is 0 Å². The Kier molecular flexibility index (Phi) is 4.39. The largest absolute Gasteiger partial charge is 0.387 e. The standard InChI is InChI=1S/C11H23N3/c1-3-9-4-6-10(7-5-9)14(2)8-11(12)13/h9-10H,3-8H2,1-2H3,(H3,12,13). The van der Waals surface area contributed by atoms with E-state index in [9.17, 15) is 0 Å². The Morgan fingerprint density at radius 1 is 1.36 bits per heavy atom. The van der Waals surface area contributed by atoms with Crippen molar-refractivity contribution in [1.82, 2.24) is 4.90 Å². The number of hydrogen-bond donors (Lipinski definition) is 2. The second kappa shape index (κ2) is 5.35. The molecule has 0 bridgehead atoms. The third-order valence-electron chi connectivity index (χ3n) is 3.44. The zero-order chi connectivity index (χ0) is 10.6. The molecule has 0 atom stereocenters. The highest BCUT2D eigenvalue weighted by Crippen LogP contribution is 2.28. The molecule has 1 rings (SSSR count). The van der Waals surface area contributed by atoms with Crippen LogP contribution in [0.15, 0.2) is 0 Å². The van der Waals surface area contributed by atoms with Crippen molar-refractivity contribution in [2.75, 3.05) is 13.6 Å². The third-order valence-corrected chi connectivity index (χ3v) is 3.44. The van der Waals surface area contributed by atoms with Gasteiger partial charge in [-0.25, -0.2) is 0 Å². The van der Waals surface area contributed by atoms with Crippen molar-refractivity contribution in [2.45, 2.75) is 45.1 Å². The van der Waals surface area contributed by atoms with E-state index in [1.54, 1.807) is 0 Å². The molecule has 0 radical (unpaired) electrons. The smallest absolute Gasteiger partial charge is 0.105 e. The van der Waals surface area contributed by atoms with E-state index >= 15 is 0 Å². The van der Waals surface area contributed by atoms with Crippen molar-refractivity contribution in [1.29, 1.82) is 5.41 Å². The monoisotopic (exact) mass is 197 g/mol. The summed E-state index contributed by atoms with van der Waals surface area (Å²) in [5.41, 5.74) is 5.40. The SMILES string of the molecule is CCC1CCC(N(C)CC(=N)N)CC1. The van der Waals surface area contributed by atoms with Gasteiger partial charge in [0.1, 0.15) is 5.84 Å². The molecule has 3 nitrogen and oxygen atoms in total. The molecule has 0 saturated heterocycles. The van der Waals surface area contributed by atoms with Gasteiger partial charge in [0.2, 0.25) is 0 Å². The average molecular weight is 197 g/mol. The molecule has 0 aliphatic heterocycles.